The summed E-state index contributed by atoms with van der Waals surface area (Å²) < 4.78 is 1.88. The maximum absolute atomic E-state index is 6.03. The van der Waals surface area contributed by atoms with Gasteiger partial charge < -0.3 is 0 Å². The Morgan fingerprint density at radius 3 is 2.81 bits per heavy atom. The molecule has 16 heavy (non-hydrogen) atoms. The molecule has 0 amide bonds. The molecule has 3 rings (SSSR count). The third-order valence-corrected chi connectivity index (χ3v) is 4.51. The zero-order valence-corrected chi connectivity index (χ0v) is 10.6. The Hall–Kier alpha value is -0.680. The lowest BCUT2D eigenvalue weighted by atomic mass is 10.1. The third-order valence-electron chi connectivity index (χ3n) is 3.09. The lowest BCUT2D eigenvalue weighted by Gasteiger charge is -2.03. The van der Waals surface area contributed by atoms with E-state index in [0.717, 1.165) is 15.8 Å². The number of nitrogens with zero attached hydrogens (tertiary/aromatic N) is 4. The molecule has 86 valence electrons. The monoisotopic (exact) mass is 256 g/mol. The van der Waals surface area contributed by atoms with Gasteiger partial charge in [0, 0.05) is 5.92 Å². The number of aromatic nitrogens is 4. The standard InChI is InChI=1S/C10H13ClN4S/c1-6(11)9-14-15-8(7-4-2-3-5-7)12-13-10(15)16-9/h6-7H,2-5H2,1H3. The van der Waals surface area contributed by atoms with E-state index >= 15 is 0 Å². The average Bonchev–Trinajstić information content (AvgIpc) is 2.92. The number of hydrogen-bond acceptors (Lipinski definition) is 4. The van der Waals surface area contributed by atoms with E-state index in [2.05, 4.69) is 15.3 Å². The molecule has 0 aromatic carbocycles. The predicted octanol–water partition coefficient (Wildman–Crippen LogP) is 3.14. The summed E-state index contributed by atoms with van der Waals surface area (Å²) in [7, 11) is 0. The van der Waals surface area contributed by atoms with Crippen molar-refractivity contribution >= 4 is 27.9 Å². The van der Waals surface area contributed by atoms with Gasteiger partial charge in [0.05, 0.1) is 5.38 Å². The molecule has 1 fully saturated rings. The SMILES string of the molecule is CC(Cl)c1nn2c(C3CCCC3)nnc2s1. The van der Waals surface area contributed by atoms with E-state index in [4.69, 9.17) is 11.6 Å². The van der Waals surface area contributed by atoms with Gasteiger partial charge in [0.25, 0.3) is 0 Å². The zero-order chi connectivity index (χ0) is 11.1. The highest BCUT2D eigenvalue weighted by atomic mass is 35.5. The molecule has 0 saturated heterocycles. The first-order valence-corrected chi connectivity index (χ1v) is 6.87. The Morgan fingerprint density at radius 2 is 2.12 bits per heavy atom. The molecule has 0 spiro atoms. The summed E-state index contributed by atoms with van der Waals surface area (Å²) in [6.45, 7) is 1.93. The minimum absolute atomic E-state index is 0.0527. The second-order valence-corrected chi connectivity index (χ2v) is 5.93. The molecule has 0 bridgehead atoms. The Kier molecular flexibility index (Phi) is 2.59. The van der Waals surface area contributed by atoms with Crippen LogP contribution >= 0.6 is 22.9 Å². The van der Waals surface area contributed by atoms with Crippen LogP contribution in [0.5, 0.6) is 0 Å². The van der Waals surface area contributed by atoms with Gasteiger partial charge in [-0.25, -0.2) is 0 Å². The number of alkyl halides is 1. The van der Waals surface area contributed by atoms with Crippen LogP contribution in [-0.4, -0.2) is 19.8 Å². The van der Waals surface area contributed by atoms with Gasteiger partial charge in [0.1, 0.15) is 5.01 Å². The van der Waals surface area contributed by atoms with Gasteiger partial charge in [-0.3, -0.25) is 0 Å². The molecule has 1 saturated carbocycles. The molecule has 2 heterocycles. The van der Waals surface area contributed by atoms with Crippen LogP contribution in [0, 0.1) is 0 Å². The second-order valence-electron chi connectivity index (χ2n) is 4.29. The molecule has 1 aliphatic rings. The summed E-state index contributed by atoms with van der Waals surface area (Å²) in [6, 6.07) is 0. The van der Waals surface area contributed by atoms with Crippen molar-refractivity contribution in [3.63, 3.8) is 0 Å². The highest BCUT2D eigenvalue weighted by Gasteiger charge is 2.24. The van der Waals surface area contributed by atoms with Crippen molar-refractivity contribution in [2.75, 3.05) is 0 Å². The van der Waals surface area contributed by atoms with Crippen molar-refractivity contribution in [2.24, 2.45) is 0 Å². The van der Waals surface area contributed by atoms with E-state index in [9.17, 15) is 0 Å². The fourth-order valence-electron chi connectivity index (χ4n) is 2.25. The van der Waals surface area contributed by atoms with Gasteiger partial charge in [0.15, 0.2) is 5.82 Å². The molecule has 6 heteroatoms. The molecule has 0 aliphatic heterocycles. The minimum Gasteiger partial charge on any atom is -0.187 e. The molecular formula is C10H13ClN4S. The topological polar surface area (TPSA) is 43.1 Å². The normalized spacial score (nSPS) is 19.6. The van der Waals surface area contributed by atoms with Crippen molar-refractivity contribution in [1.29, 1.82) is 0 Å². The van der Waals surface area contributed by atoms with Gasteiger partial charge in [-0.2, -0.15) is 9.61 Å². The maximum atomic E-state index is 6.03. The van der Waals surface area contributed by atoms with Gasteiger partial charge in [-0.05, 0) is 19.8 Å². The number of hydrogen-bond donors (Lipinski definition) is 0. The lowest BCUT2D eigenvalue weighted by molar-refractivity contribution is 0.637. The van der Waals surface area contributed by atoms with Crippen LogP contribution in [0.15, 0.2) is 0 Å². The van der Waals surface area contributed by atoms with Crippen molar-refractivity contribution in [2.45, 2.75) is 43.9 Å². The van der Waals surface area contributed by atoms with Gasteiger partial charge >= 0.3 is 0 Å². The molecule has 2 aromatic rings. The number of halogens is 1. The van der Waals surface area contributed by atoms with Crippen molar-refractivity contribution in [3.8, 4) is 0 Å². The second kappa shape index (κ2) is 3.96. The predicted molar refractivity (Wildman–Crippen MR) is 64.1 cm³/mol. The Morgan fingerprint density at radius 1 is 1.38 bits per heavy atom. The first-order valence-electron chi connectivity index (χ1n) is 5.62. The zero-order valence-electron chi connectivity index (χ0n) is 9.06. The highest BCUT2D eigenvalue weighted by Crippen LogP contribution is 2.34. The lowest BCUT2D eigenvalue weighted by Crippen LogP contribution is -2.01. The van der Waals surface area contributed by atoms with Crippen molar-refractivity contribution in [3.05, 3.63) is 10.8 Å². The van der Waals surface area contributed by atoms with Crippen molar-refractivity contribution in [1.82, 2.24) is 19.8 Å². The van der Waals surface area contributed by atoms with E-state index in [0.29, 0.717) is 5.92 Å². The highest BCUT2D eigenvalue weighted by molar-refractivity contribution is 7.16. The molecule has 1 unspecified atom stereocenters. The molecule has 2 aromatic heterocycles. The molecule has 1 aliphatic carbocycles. The number of fused-ring (bicyclic) bond motifs is 1. The first-order chi connectivity index (χ1) is 7.75. The van der Waals surface area contributed by atoms with Crippen LogP contribution in [0.4, 0.5) is 0 Å². The summed E-state index contributed by atoms with van der Waals surface area (Å²) in [5.74, 6) is 1.56. The maximum Gasteiger partial charge on any atom is 0.234 e. The van der Waals surface area contributed by atoms with E-state index in [1.807, 2.05) is 11.4 Å². The molecule has 4 nitrogen and oxygen atoms in total. The van der Waals surface area contributed by atoms with Gasteiger partial charge in [-0.1, -0.05) is 24.2 Å². The van der Waals surface area contributed by atoms with Gasteiger partial charge in [0.2, 0.25) is 4.96 Å². The van der Waals surface area contributed by atoms with Gasteiger partial charge in [-0.15, -0.1) is 21.8 Å². The summed E-state index contributed by atoms with van der Waals surface area (Å²) in [5, 5.41) is 13.8. The van der Waals surface area contributed by atoms with Crippen LogP contribution < -0.4 is 0 Å². The largest absolute Gasteiger partial charge is 0.234 e. The number of rotatable bonds is 2. The molecule has 0 radical (unpaired) electrons. The summed E-state index contributed by atoms with van der Waals surface area (Å²) in [5.41, 5.74) is 0. The summed E-state index contributed by atoms with van der Waals surface area (Å²) >= 11 is 7.56. The molecule has 1 atom stereocenters. The van der Waals surface area contributed by atoms with Crippen LogP contribution in [0.3, 0.4) is 0 Å². The van der Waals surface area contributed by atoms with Crippen LogP contribution in [0.1, 0.15) is 54.7 Å². The van der Waals surface area contributed by atoms with Crippen LogP contribution in [0.25, 0.3) is 4.96 Å². The third kappa shape index (κ3) is 1.62. The fraction of sp³-hybridized carbons (Fsp3) is 0.700. The first kappa shape index (κ1) is 10.5. The van der Waals surface area contributed by atoms with Crippen molar-refractivity contribution < 1.29 is 0 Å². The van der Waals surface area contributed by atoms with Crippen LogP contribution in [-0.2, 0) is 0 Å². The average molecular weight is 257 g/mol. The van der Waals surface area contributed by atoms with E-state index in [-0.39, 0.29) is 5.38 Å². The van der Waals surface area contributed by atoms with E-state index in [1.165, 1.54) is 37.0 Å². The smallest absolute Gasteiger partial charge is 0.187 e. The summed E-state index contributed by atoms with van der Waals surface area (Å²) in [6.07, 6.45) is 5.01. The quantitative estimate of drug-likeness (QED) is 0.776. The Labute approximate surface area is 103 Å². The fourth-order valence-corrected chi connectivity index (χ4v) is 3.20. The summed E-state index contributed by atoms with van der Waals surface area (Å²) in [4.78, 5) is 0.865. The van der Waals surface area contributed by atoms with Crippen LogP contribution in [0.2, 0.25) is 0 Å². The van der Waals surface area contributed by atoms with E-state index < -0.39 is 0 Å². The van der Waals surface area contributed by atoms with E-state index in [1.54, 1.807) is 0 Å². The molecular weight excluding hydrogens is 244 g/mol. The minimum atomic E-state index is -0.0527. The Bertz CT molecular complexity index is 498. The molecule has 0 N–H and O–H groups in total. The Balaban J connectivity index is 2.04.